The first-order chi connectivity index (χ1) is 11.7. The van der Waals surface area contributed by atoms with Gasteiger partial charge in [-0.25, -0.2) is 9.18 Å². The molecule has 5 heteroatoms. The number of hydrogen-bond acceptors (Lipinski definition) is 2. The number of aliphatic hydroxyl groups is 1. The molecule has 128 valence electrons. The average molecular weight is 330 g/mol. The molecule has 1 atom stereocenters. The van der Waals surface area contributed by atoms with E-state index in [0.717, 1.165) is 12.0 Å². The number of aliphatic hydroxyl groups excluding tert-OH is 1. The molecule has 4 nitrogen and oxygen atoms in total. The van der Waals surface area contributed by atoms with Crippen LogP contribution in [0.5, 0.6) is 0 Å². The van der Waals surface area contributed by atoms with Gasteiger partial charge < -0.3 is 15.7 Å². The summed E-state index contributed by atoms with van der Waals surface area (Å²) in [6.07, 6.45) is 1.43. The summed E-state index contributed by atoms with van der Waals surface area (Å²) in [5.41, 5.74) is 2.01. The summed E-state index contributed by atoms with van der Waals surface area (Å²) < 4.78 is 12.8. The predicted molar refractivity (Wildman–Crippen MR) is 92.1 cm³/mol. The second-order valence-corrected chi connectivity index (χ2v) is 5.64. The van der Waals surface area contributed by atoms with Gasteiger partial charge in [-0.15, -0.1) is 0 Å². The van der Waals surface area contributed by atoms with Gasteiger partial charge in [0.2, 0.25) is 0 Å². The molecule has 0 spiro atoms. The summed E-state index contributed by atoms with van der Waals surface area (Å²) in [5, 5.41) is 14.8. The van der Waals surface area contributed by atoms with E-state index in [-0.39, 0.29) is 24.4 Å². The highest BCUT2D eigenvalue weighted by atomic mass is 19.1. The van der Waals surface area contributed by atoms with Crippen LogP contribution in [0.3, 0.4) is 0 Å². The lowest BCUT2D eigenvalue weighted by Gasteiger charge is -2.17. The van der Waals surface area contributed by atoms with Crippen LogP contribution in [-0.4, -0.2) is 24.3 Å². The molecule has 2 aromatic rings. The zero-order chi connectivity index (χ0) is 17.2. The van der Waals surface area contributed by atoms with Crippen LogP contribution in [0.4, 0.5) is 9.18 Å². The number of urea groups is 1. The third-order valence-corrected chi connectivity index (χ3v) is 3.89. The van der Waals surface area contributed by atoms with Crippen molar-refractivity contribution >= 4 is 6.03 Å². The first-order valence-corrected chi connectivity index (χ1v) is 8.11. The molecule has 0 saturated heterocycles. The van der Waals surface area contributed by atoms with E-state index < -0.39 is 0 Å². The van der Waals surface area contributed by atoms with E-state index in [1.54, 1.807) is 12.1 Å². The van der Waals surface area contributed by atoms with Gasteiger partial charge in [0.15, 0.2) is 0 Å². The van der Waals surface area contributed by atoms with Crippen LogP contribution in [0.2, 0.25) is 0 Å². The fourth-order valence-electron chi connectivity index (χ4n) is 2.57. The zero-order valence-corrected chi connectivity index (χ0v) is 13.5. The van der Waals surface area contributed by atoms with Crippen molar-refractivity contribution in [2.45, 2.75) is 25.3 Å². The van der Waals surface area contributed by atoms with Gasteiger partial charge in [0.25, 0.3) is 0 Å². The molecular weight excluding hydrogens is 307 g/mol. The van der Waals surface area contributed by atoms with Crippen molar-refractivity contribution in [1.29, 1.82) is 0 Å². The van der Waals surface area contributed by atoms with Crippen molar-refractivity contribution in [2.24, 2.45) is 0 Å². The minimum absolute atomic E-state index is 0.121. The maximum Gasteiger partial charge on any atom is 0.315 e. The van der Waals surface area contributed by atoms with E-state index in [0.29, 0.717) is 19.5 Å². The molecule has 0 aliphatic rings. The quantitative estimate of drug-likeness (QED) is 0.696. The van der Waals surface area contributed by atoms with Crippen LogP contribution >= 0.6 is 0 Å². The average Bonchev–Trinajstić information content (AvgIpc) is 2.61. The van der Waals surface area contributed by atoms with Gasteiger partial charge in [0.05, 0.1) is 0 Å². The van der Waals surface area contributed by atoms with E-state index in [2.05, 4.69) is 10.6 Å². The van der Waals surface area contributed by atoms with Gasteiger partial charge in [0, 0.05) is 19.7 Å². The van der Waals surface area contributed by atoms with Gasteiger partial charge in [-0.05, 0) is 42.0 Å². The molecule has 24 heavy (non-hydrogen) atoms. The molecule has 0 fully saturated rings. The third-order valence-electron chi connectivity index (χ3n) is 3.89. The van der Waals surface area contributed by atoms with Gasteiger partial charge >= 0.3 is 6.03 Å². The summed E-state index contributed by atoms with van der Waals surface area (Å²) >= 11 is 0. The predicted octanol–water partition coefficient (Wildman–Crippen LogP) is 3.18. The smallest absolute Gasteiger partial charge is 0.315 e. The molecular formula is C19H23FN2O2. The molecule has 0 bridgehead atoms. The largest absolute Gasteiger partial charge is 0.396 e. The van der Waals surface area contributed by atoms with Crippen molar-refractivity contribution in [1.82, 2.24) is 10.6 Å². The summed E-state index contributed by atoms with van der Waals surface area (Å²) in [4.78, 5) is 11.8. The monoisotopic (exact) mass is 330 g/mol. The summed E-state index contributed by atoms with van der Waals surface area (Å²) in [6.45, 7) is 0.996. The van der Waals surface area contributed by atoms with E-state index in [4.69, 9.17) is 0 Å². The van der Waals surface area contributed by atoms with Gasteiger partial charge in [-0.1, -0.05) is 42.5 Å². The number of carbonyl (C=O) groups is 1. The highest BCUT2D eigenvalue weighted by Gasteiger charge is 2.11. The molecule has 3 N–H and O–H groups in total. The highest BCUT2D eigenvalue weighted by molar-refractivity contribution is 5.73. The summed E-state index contributed by atoms with van der Waals surface area (Å²) in [7, 11) is 0. The maximum atomic E-state index is 12.8. The number of rotatable bonds is 8. The van der Waals surface area contributed by atoms with Crippen LogP contribution < -0.4 is 10.6 Å². The van der Waals surface area contributed by atoms with Crippen LogP contribution in [0, 0.1) is 5.82 Å². The lowest BCUT2D eigenvalue weighted by atomic mass is 9.93. The van der Waals surface area contributed by atoms with Crippen LogP contribution in [-0.2, 0) is 6.54 Å². The van der Waals surface area contributed by atoms with E-state index >= 15 is 0 Å². The Morgan fingerprint density at radius 1 is 1.00 bits per heavy atom. The van der Waals surface area contributed by atoms with Crippen LogP contribution in [0.25, 0.3) is 0 Å². The van der Waals surface area contributed by atoms with Gasteiger partial charge in [0.1, 0.15) is 5.82 Å². The third kappa shape index (κ3) is 6.01. The molecule has 0 heterocycles. The fourth-order valence-corrected chi connectivity index (χ4v) is 2.57. The Balaban J connectivity index is 1.73. The fraction of sp³-hybridized carbons (Fsp3) is 0.316. The normalized spacial score (nSPS) is 11.8. The molecule has 0 aromatic heterocycles. The molecule has 0 saturated carbocycles. The van der Waals surface area contributed by atoms with Crippen LogP contribution in [0.1, 0.15) is 29.9 Å². The molecule has 2 amide bonds. The standard InChI is InChI=1S/C19H23FN2O2/c20-18-8-6-15(7-9-18)14-22-19(24)21-12-10-17(11-13-23)16-4-2-1-3-5-16/h1-9,17,23H,10-14H2,(H2,21,22,24). The number of amides is 2. The van der Waals surface area contributed by atoms with Crippen molar-refractivity contribution in [2.75, 3.05) is 13.2 Å². The number of nitrogens with one attached hydrogen (secondary N) is 2. The zero-order valence-electron chi connectivity index (χ0n) is 13.5. The van der Waals surface area contributed by atoms with E-state index in [1.807, 2.05) is 30.3 Å². The first kappa shape index (κ1) is 17.9. The lowest BCUT2D eigenvalue weighted by molar-refractivity contribution is 0.239. The Morgan fingerprint density at radius 3 is 2.38 bits per heavy atom. The second kappa shape index (κ2) is 9.67. The molecule has 0 radical (unpaired) electrons. The Kier molecular flexibility index (Phi) is 7.23. The van der Waals surface area contributed by atoms with Gasteiger partial charge in [-0.3, -0.25) is 0 Å². The number of hydrogen-bond donors (Lipinski definition) is 3. The van der Waals surface area contributed by atoms with Crippen molar-refractivity contribution in [3.05, 3.63) is 71.5 Å². The van der Waals surface area contributed by atoms with E-state index in [9.17, 15) is 14.3 Å². The lowest BCUT2D eigenvalue weighted by Crippen LogP contribution is -2.36. The van der Waals surface area contributed by atoms with Crippen molar-refractivity contribution in [3.63, 3.8) is 0 Å². The molecule has 2 aromatic carbocycles. The Labute approximate surface area is 141 Å². The summed E-state index contributed by atoms with van der Waals surface area (Å²) in [5.74, 6) is -0.0763. The Morgan fingerprint density at radius 2 is 1.71 bits per heavy atom. The SMILES string of the molecule is O=C(NCCC(CCO)c1ccccc1)NCc1ccc(F)cc1. The minimum Gasteiger partial charge on any atom is -0.396 e. The van der Waals surface area contributed by atoms with Gasteiger partial charge in [-0.2, -0.15) is 0 Å². The number of halogens is 1. The highest BCUT2D eigenvalue weighted by Crippen LogP contribution is 2.22. The van der Waals surface area contributed by atoms with Crippen LogP contribution in [0.15, 0.2) is 54.6 Å². The first-order valence-electron chi connectivity index (χ1n) is 8.11. The molecule has 2 rings (SSSR count). The number of benzene rings is 2. The Bertz CT molecular complexity index is 617. The molecule has 0 aliphatic heterocycles. The Hall–Kier alpha value is -2.40. The summed E-state index contributed by atoms with van der Waals surface area (Å²) in [6, 6.07) is 15.7. The van der Waals surface area contributed by atoms with Crippen molar-refractivity contribution < 1.29 is 14.3 Å². The maximum absolute atomic E-state index is 12.8. The number of carbonyl (C=O) groups excluding carboxylic acids is 1. The minimum atomic E-state index is -0.293. The molecule has 0 aliphatic carbocycles. The van der Waals surface area contributed by atoms with E-state index in [1.165, 1.54) is 17.7 Å². The van der Waals surface area contributed by atoms with Crippen molar-refractivity contribution in [3.8, 4) is 0 Å². The molecule has 1 unspecified atom stereocenters. The second-order valence-electron chi connectivity index (χ2n) is 5.64. The topological polar surface area (TPSA) is 61.4 Å².